The lowest BCUT2D eigenvalue weighted by Gasteiger charge is -2.10. The molecule has 140 valence electrons. The molecule has 0 saturated heterocycles. The van der Waals surface area contributed by atoms with Crippen LogP contribution in [-0.4, -0.2) is 27.5 Å². The molecule has 0 radical (unpaired) electrons. The number of hydrogen-bond acceptors (Lipinski definition) is 5. The van der Waals surface area contributed by atoms with Crippen molar-refractivity contribution in [3.05, 3.63) is 48.0 Å². The lowest BCUT2D eigenvalue weighted by molar-refractivity contribution is -0.116. The van der Waals surface area contributed by atoms with Crippen molar-refractivity contribution in [2.24, 2.45) is 0 Å². The number of hydrogen-bond donors (Lipinski definition) is 3. The summed E-state index contributed by atoms with van der Waals surface area (Å²) in [6.45, 7) is 4.20. The van der Waals surface area contributed by atoms with Gasteiger partial charge in [-0.25, -0.2) is 13.1 Å². The minimum atomic E-state index is -3.68. The number of aryl methyl sites for hydroxylation is 1. The van der Waals surface area contributed by atoms with Crippen LogP contribution in [0.5, 0.6) is 5.75 Å². The molecule has 1 amide bonds. The summed E-state index contributed by atoms with van der Waals surface area (Å²) < 4.78 is 32.2. The maximum absolute atomic E-state index is 12.2. The molecule has 2 aromatic carbocycles. The van der Waals surface area contributed by atoms with E-state index in [1.807, 2.05) is 13.8 Å². The molecule has 0 saturated carbocycles. The quantitative estimate of drug-likeness (QED) is 0.611. The minimum absolute atomic E-state index is 0.00446. The summed E-state index contributed by atoms with van der Waals surface area (Å²) >= 11 is 0. The number of nitrogens with one attached hydrogen (secondary N) is 2. The van der Waals surface area contributed by atoms with Crippen LogP contribution >= 0.6 is 0 Å². The highest BCUT2D eigenvalue weighted by Gasteiger charge is 2.14. The van der Waals surface area contributed by atoms with E-state index in [4.69, 9.17) is 10.5 Å². The van der Waals surface area contributed by atoms with E-state index in [0.29, 0.717) is 23.7 Å². The molecule has 0 aliphatic heterocycles. The molecule has 0 heterocycles. The lowest BCUT2D eigenvalue weighted by atomic mass is 10.2. The van der Waals surface area contributed by atoms with E-state index >= 15 is 0 Å². The molecule has 0 spiro atoms. The maximum Gasteiger partial charge on any atom is 0.240 e. The van der Waals surface area contributed by atoms with E-state index in [1.54, 1.807) is 30.3 Å². The average Bonchev–Trinajstić information content (AvgIpc) is 2.59. The van der Waals surface area contributed by atoms with E-state index in [-0.39, 0.29) is 23.8 Å². The molecule has 0 fully saturated rings. The Kier molecular flexibility index (Phi) is 6.59. The Morgan fingerprint density at radius 1 is 1.15 bits per heavy atom. The molecule has 0 aliphatic rings. The normalized spacial score (nSPS) is 11.2. The number of amides is 1. The van der Waals surface area contributed by atoms with Gasteiger partial charge < -0.3 is 15.8 Å². The highest BCUT2D eigenvalue weighted by Crippen LogP contribution is 2.18. The molecule has 4 N–H and O–H groups in total. The number of benzene rings is 2. The summed E-state index contributed by atoms with van der Waals surface area (Å²) in [5.41, 5.74) is 7.74. The summed E-state index contributed by atoms with van der Waals surface area (Å²) in [4.78, 5) is 12.1. The molecule has 2 rings (SSSR count). The van der Waals surface area contributed by atoms with Crippen molar-refractivity contribution in [2.45, 2.75) is 25.2 Å². The van der Waals surface area contributed by atoms with Crippen LogP contribution in [0.1, 0.15) is 18.9 Å². The lowest BCUT2D eigenvalue weighted by Crippen LogP contribution is -2.28. The van der Waals surface area contributed by atoms with Gasteiger partial charge in [-0.05, 0) is 55.8 Å². The fourth-order valence-corrected chi connectivity index (χ4v) is 3.28. The van der Waals surface area contributed by atoms with Gasteiger partial charge >= 0.3 is 0 Å². The number of anilines is 2. The number of nitrogens with two attached hydrogens (primary N) is 1. The number of sulfonamides is 1. The number of nitrogen functional groups attached to an aromatic ring is 1. The van der Waals surface area contributed by atoms with Crippen LogP contribution in [0.15, 0.2) is 47.4 Å². The summed E-state index contributed by atoms with van der Waals surface area (Å²) in [6.07, 6.45) is 0.00446. The molecule has 7 nitrogen and oxygen atoms in total. The Morgan fingerprint density at radius 3 is 2.50 bits per heavy atom. The highest BCUT2D eigenvalue weighted by molar-refractivity contribution is 7.89. The van der Waals surface area contributed by atoms with Crippen molar-refractivity contribution >= 4 is 27.3 Å². The van der Waals surface area contributed by atoms with E-state index < -0.39 is 10.0 Å². The first-order valence-electron chi connectivity index (χ1n) is 8.20. The van der Waals surface area contributed by atoms with Crippen molar-refractivity contribution in [1.29, 1.82) is 0 Å². The largest absolute Gasteiger partial charge is 0.494 e. The number of rotatable bonds is 8. The number of carbonyl (C=O) groups excluding carboxylic acids is 1. The van der Waals surface area contributed by atoms with Crippen LogP contribution in [0.4, 0.5) is 11.4 Å². The highest BCUT2D eigenvalue weighted by atomic mass is 32.2. The predicted molar refractivity (Wildman–Crippen MR) is 102 cm³/mol. The van der Waals surface area contributed by atoms with Gasteiger partial charge in [0.2, 0.25) is 15.9 Å². The topological polar surface area (TPSA) is 111 Å². The minimum Gasteiger partial charge on any atom is -0.494 e. The molecule has 0 bridgehead atoms. The van der Waals surface area contributed by atoms with Crippen molar-refractivity contribution in [3.8, 4) is 5.75 Å². The van der Waals surface area contributed by atoms with Gasteiger partial charge in [0.05, 0.1) is 11.5 Å². The fourth-order valence-electron chi connectivity index (χ4n) is 2.25. The molecule has 0 aliphatic carbocycles. The molecule has 26 heavy (non-hydrogen) atoms. The van der Waals surface area contributed by atoms with Gasteiger partial charge in [-0.3, -0.25) is 4.79 Å². The first-order valence-corrected chi connectivity index (χ1v) is 9.68. The number of carbonyl (C=O) groups is 1. The number of ether oxygens (including phenoxy) is 1. The van der Waals surface area contributed by atoms with Gasteiger partial charge in [0.25, 0.3) is 0 Å². The van der Waals surface area contributed by atoms with Crippen molar-refractivity contribution in [2.75, 3.05) is 24.2 Å². The standard InChI is InChI=1S/C18H23N3O4S/c1-3-25-15-6-8-16(9-7-15)26(23,24)20-11-10-18(22)21-17-12-14(19)5-4-13(17)2/h4-9,12,20H,3,10-11,19H2,1-2H3,(H,21,22). The third kappa shape index (κ3) is 5.47. The first kappa shape index (κ1) is 19.7. The second kappa shape index (κ2) is 8.68. The maximum atomic E-state index is 12.2. The Bertz CT molecular complexity index is 865. The average molecular weight is 377 g/mol. The summed E-state index contributed by atoms with van der Waals surface area (Å²) in [6, 6.07) is 11.3. The van der Waals surface area contributed by atoms with Gasteiger partial charge in [0.1, 0.15) is 5.75 Å². The smallest absolute Gasteiger partial charge is 0.240 e. The molecule has 2 aromatic rings. The van der Waals surface area contributed by atoms with Crippen LogP contribution in [0.2, 0.25) is 0 Å². The van der Waals surface area contributed by atoms with E-state index in [9.17, 15) is 13.2 Å². The van der Waals surface area contributed by atoms with Crippen LogP contribution < -0.4 is 20.5 Å². The molecule has 0 unspecified atom stereocenters. The Labute approximate surface area is 153 Å². The Hall–Kier alpha value is -2.58. The SMILES string of the molecule is CCOc1ccc(S(=O)(=O)NCCC(=O)Nc2cc(N)ccc2C)cc1. The van der Waals surface area contributed by atoms with Gasteiger partial charge in [-0.15, -0.1) is 0 Å². The molecular weight excluding hydrogens is 354 g/mol. The zero-order valence-corrected chi connectivity index (χ0v) is 15.6. The van der Waals surface area contributed by atoms with E-state index in [0.717, 1.165) is 5.56 Å². The van der Waals surface area contributed by atoms with Crippen LogP contribution in [0, 0.1) is 6.92 Å². The van der Waals surface area contributed by atoms with Gasteiger partial charge in [-0.1, -0.05) is 6.07 Å². The zero-order valence-electron chi connectivity index (χ0n) is 14.8. The van der Waals surface area contributed by atoms with Crippen molar-refractivity contribution in [1.82, 2.24) is 4.72 Å². The summed E-state index contributed by atoms with van der Waals surface area (Å²) in [5, 5.41) is 2.73. The Morgan fingerprint density at radius 2 is 1.85 bits per heavy atom. The van der Waals surface area contributed by atoms with Crippen LogP contribution in [0.3, 0.4) is 0 Å². The van der Waals surface area contributed by atoms with Crippen LogP contribution in [0.25, 0.3) is 0 Å². The van der Waals surface area contributed by atoms with E-state index in [2.05, 4.69) is 10.0 Å². The second-order valence-corrected chi connectivity index (χ2v) is 7.44. The molecule has 8 heteroatoms. The summed E-state index contributed by atoms with van der Waals surface area (Å²) in [7, 11) is -3.68. The molecule has 0 aromatic heterocycles. The third-order valence-corrected chi connectivity index (χ3v) is 5.10. The molecular formula is C18H23N3O4S. The molecule has 0 atom stereocenters. The van der Waals surface area contributed by atoms with Crippen molar-refractivity contribution < 1.29 is 17.9 Å². The fraction of sp³-hybridized carbons (Fsp3) is 0.278. The monoisotopic (exact) mass is 377 g/mol. The third-order valence-electron chi connectivity index (χ3n) is 3.62. The Balaban J connectivity index is 1.89. The van der Waals surface area contributed by atoms with E-state index in [1.165, 1.54) is 12.1 Å². The van der Waals surface area contributed by atoms with Gasteiger partial charge in [0.15, 0.2) is 0 Å². The summed E-state index contributed by atoms with van der Waals surface area (Å²) in [5.74, 6) is 0.302. The van der Waals surface area contributed by atoms with Crippen LogP contribution in [-0.2, 0) is 14.8 Å². The van der Waals surface area contributed by atoms with Crippen molar-refractivity contribution in [3.63, 3.8) is 0 Å². The zero-order chi connectivity index (χ0) is 19.2. The first-order chi connectivity index (χ1) is 12.3. The predicted octanol–water partition coefficient (Wildman–Crippen LogP) is 2.28. The second-order valence-electron chi connectivity index (χ2n) is 5.67. The van der Waals surface area contributed by atoms with Gasteiger partial charge in [-0.2, -0.15) is 0 Å². The van der Waals surface area contributed by atoms with Gasteiger partial charge in [0, 0.05) is 24.3 Å².